The minimum absolute atomic E-state index is 0.0263. The van der Waals surface area contributed by atoms with E-state index >= 15 is 0 Å². The average molecular weight is 333 g/mol. The predicted octanol–water partition coefficient (Wildman–Crippen LogP) is 0.986. The molecule has 0 bridgehead atoms. The fourth-order valence-corrected chi connectivity index (χ4v) is 2.76. The molecule has 1 aromatic carbocycles. The second-order valence-electron chi connectivity index (χ2n) is 6.28. The zero-order valence-electron chi connectivity index (χ0n) is 14.5. The van der Waals surface area contributed by atoms with Crippen LogP contribution in [0.25, 0.3) is 0 Å². The van der Waals surface area contributed by atoms with Crippen LogP contribution in [0.5, 0.6) is 0 Å². The highest BCUT2D eigenvalue weighted by molar-refractivity contribution is 5.96. The lowest BCUT2D eigenvalue weighted by Crippen LogP contribution is -2.49. The number of nitrogens with zero attached hydrogens (tertiary/aromatic N) is 2. The van der Waals surface area contributed by atoms with E-state index in [0.29, 0.717) is 25.3 Å². The summed E-state index contributed by atoms with van der Waals surface area (Å²) >= 11 is 0. The Bertz CT molecular complexity index is 528. The highest BCUT2D eigenvalue weighted by Gasteiger charge is 2.25. The van der Waals surface area contributed by atoms with Crippen LogP contribution in [0.1, 0.15) is 23.2 Å². The molecule has 0 radical (unpaired) electrons. The molecule has 0 saturated carbocycles. The summed E-state index contributed by atoms with van der Waals surface area (Å²) in [6, 6.07) is 9.14. The lowest BCUT2D eigenvalue weighted by atomic mass is 10.1. The first-order chi connectivity index (χ1) is 11.6. The first kappa shape index (κ1) is 18.4. The van der Waals surface area contributed by atoms with Gasteiger partial charge in [0.2, 0.25) is 5.91 Å². The molecule has 0 spiro atoms. The van der Waals surface area contributed by atoms with Gasteiger partial charge < -0.3 is 19.9 Å². The molecule has 1 N–H and O–H groups in total. The van der Waals surface area contributed by atoms with E-state index in [2.05, 4.69) is 10.2 Å². The maximum atomic E-state index is 12.6. The maximum absolute atomic E-state index is 12.6. The summed E-state index contributed by atoms with van der Waals surface area (Å²) in [7, 11) is 3.98. The Hall–Kier alpha value is -1.92. The van der Waals surface area contributed by atoms with Gasteiger partial charge in [-0.05, 0) is 39.1 Å². The smallest absolute Gasteiger partial charge is 0.251 e. The molecule has 0 aliphatic carbocycles. The van der Waals surface area contributed by atoms with Crippen molar-refractivity contribution in [2.24, 2.45) is 0 Å². The van der Waals surface area contributed by atoms with Crippen molar-refractivity contribution in [3.05, 3.63) is 35.9 Å². The molecule has 1 aliphatic rings. The zero-order valence-corrected chi connectivity index (χ0v) is 14.5. The van der Waals surface area contributed by atoms with Crippen LogP contribution >= 0.6 is 0 Å². The van der Waals surface area contributed by atoms with Crippen molar-refractivity contribution in [2.45, 2.75) is 18.9 Å². The number of likely N-dealkylation sites (N-methyl/N-ethyl adjacent to an activating group) is 1. The summed E-state index contributed by atoms with van der Waals surface area (Å²) in [4.78, 5) is 28.7. The van der Waals surface area contributed by atoms with Crippen molar-refractivity contribution in [3.63, 3.8) is 0 Å². The Morgan fingerprint density at radius 3 is 2.42 bits per heavy atom. The predicted molar refractivity (Wildman–Crippen MR) is 92.9 cm³/mol. The second-order valence-corrected chi connectivity index (χ2v) is 6.28. The van der Waals surface area contributed by atoms with Crippen LogP contribution in [0.4, 0.5) is 0 Å². The Kier molecular flexibility index (Phi) is 7.21. The Labute approximate surface area is 143 Å². The summed E-state index contributed by atoms with van der Waals surface area (Å²) in [5.41, 5.74) is 0.566. The van der Waals surface area contributed by atoms with Gasteiger partial charge >= 0.3 is 0 Å². The van der Waals surface area contributed by atoms with Gasteiger partial charge in [0.05, 0.1) is 6.54 Å². The maximum Gasteiger partial charge on any atom is 0.251 e. The average Bonchev–Trinajstić information content (AvgIpc) is 2.61. The Morgan fingerprint density at radius 1 is 1.12 bits per heavy atom. The van der Waals surface area contributed by atoms with Crippen LogP contribution in [0.15, 0.2) is 30.3 Å². The molecule has 6 nitrogen and oxygen atoms in total. The number of amides is 2. The lowest BCUT2D eigenvalue weighted by molar-refractivity contribution is -0.134. The van der Waals surface area contributed by atoms with Gasteiger partial charge in [-0.25, -0.2) is 0 Å². The third-order valence-electron chi connectivity index (χ3n) is 4.18. The number of benzene rings is 1. The van der Waals surface area contributed by atoms with Gasteiger partial charge in [0, 0.05) is 37.9 Å². The van der Waals surface area contributed by atoms with E-state index in [-0.39, 0.29) is 24.4 Å². The summed E-state index contributed by atoms with van der Waals surface area (Å²) in [5, 5.41) is 2.73. The standard InChI is InChI=1S/C18H27N3O3/c1-20(2)10-11-21(16-8-12-24-13-9-16)17(22)14-19-18(23)15-6-4-3-5-7-15/h3-7,16H,8-14H2,1-2H3,(H,19,23). The van der Waals surface area contributed by atoms with E-state index in [9.17, 15) is 9.59 Å². The van der Waals surface area contributed by atoms with Crippen LogP contribution in [-0.2, 0) is 9.53 Å². The van der Waals surface area contributed by atoms with Crippen LogP contribution < -0.4 is 5.32 Å². The minimum Gasteiger partial charge on any atom is -0.381 e. The Morgan fingerprint density at radius 2 is 1.79 bits per heavy atom. The fourth-order valence-electron chi connectivity index (χ4n) is 2.76. The van der Waals surface area contributed by atoms with E-state index in [4.69, 9.17) is 4.74 Å². The quantitative estimate of drug-likeness (QED) is 0.808. The molecule has 0 atom stereocenters. The van der Waals surface area contributed by atoms with Crippen molar-refractivity contribution < 1.29 is 14.3 Å². The molecule has 2 amide bonds. The highest BCUT2D eigenvalue weighted by Crippen LogP contribution is 2.14. The molecule has 6 heteroatoms. The number of carbonyl (C=O) groups excluding carboxylic acids is 2. The van der Waals surface area contributed by atoms with Crippen molar-refractivity contribution in [1.29, 1.82) is 0 Å². The van der Waals surface area contributed by atoms with E-state index < -0.39 is 0 Å². The van der Waals surface area contributed by atoms with Gasteiger partial charge in [-0.15, -0.1) is 0 Å². The highest BCUT2D eigenvalue weighted by atomic mass is 16.5. The lowest BCUT2D eigenvalue weighted by Gasteiger charge is -2.35. The first-order valence-electron chi connectivity index (χ1n) is 8.43. The third-order valence-corrected chi connectivity index (χ3v) is 4.18. The molecule has 0 aromatic heterocycles. The largest absolute Gasteiger partial charge is 0.381 e. The fraction of sp³-hybridized carbons (Fsp3) is 0.556. The molecule has 1 aromatic rings. The molecule has 24 heavy (non-hydrogen) atoms. The van der Waals surface area contributed by atoms with Crippen LogP contribution in [0.3, 0.4) is 0 Å². The molecule has 0 unspecified atom stereocenters. The van der Waals surface area contributed by atoms with Crippen LogP contribution in [0, 0.1) is 0 Å². The number of hydrogen-bond donors (Lipinski definition) is 1. The number of ether oxygens (including phenoxy) is 1. The van der Waals surface area contributed by atoms with Gasteiger partial charge in [-0.2, -0.15) is 0 Å². The third kappa shape index (κ3) is 5.62. The van der Waals surface area contributed by atoms with Gasteiger partial charge in [0.15, 0.2) is 0 Å². The normalized spacial score (nSPS) is 15.3. The molecule has 1 saturated heterocycles. The second kappa shape index (κ2) is 9.39. The molecule has 132 valence electrons. The van der Waals surface area contributed by atoms with E-state index in [0.717, 1.165) is 19.4 Å². The molecular formula is C18H27N3O3. The number of nitrogens with one attached hydrogen (secondary N) is 1. The van der Waals surface area contributed by atoms with Gasteiger partial charge in [0.25, 0.3) is 5.91 Å². The Balaban J connectivity index is 1.92. The van der Waals surface area contributed by atoms with Gasteiger partial charge in [0.1, 0.15) is 0 Å². The van der Waals surface area contributed by atoms with Crippen molar-refractivity contribution >= 4 is 11.8 Å². The van der Waals surface area contributed by atoms with Gasteiger partial charge in [-0.3, -0.25) is 9.59 Å². The number of hydrogen-bond acceptors (Lipinski definition) is 4. The topological polar surface area (TPSA) is 61.9 Å². The van der Waals surface area contributed by atoms with E-state index in [1.807, 2.05) is 37.2 Å². The van der Waals surface area contributed by atoms with Gasteiger partial charge in [-0.1, -0.05) is 18.2 Å². The van der Waals surface area contributed by atoms with E-state index in [1.54, 1.807) is 12.1 Å². The molecule has 2 rings (SSSR count). The number of rotatable bonds is 7. The first-order valence-corrected chi connectivity index (χ1v) is 8.43. The SMILES string of the molecule is CN(C)CCN(C(=O)CNC(=O)c1ccccc1)C1CCOCC1. The molecular weight excluding hydrogens is 306 g/mol. The zero-order chi connectivity index (χ0) is 17.4. The van der Waals surface area contributed by atoms with Crippen molar-refractivity contribution in [2.75, 3.05) is 46.9 Å². The summed E-state index contributed by atoms with van der Waals surface area (Å²) in [6.07, 6.45) is 1.71. The van der Waals surface area contributed by atoms with Crippen LogP contribution in [-0.4, -0.2) is 74.6 Å². The van der Waals surface area contributed by atoms with Crippen LogP contribution in [0.2, 0.25) is 0 Å². The summed E-state index contributed by atoms with van der Waals surface area (Å²) < 4.78 is 5.39. The summed E-state index contributed by atoms with van der Waals surface area (Å²) in [6.45, 7) is 2.87. The number of carbonyl (C=O) groups is 2. The molecule has 1 heterocycles. The minimum atomic E-state index is -0.219. The summed E-state index contributed by atoms with van der Waals surface area (Å²) in [5.74, 6) is -0.253. The molecule has 1 aliphatic heterocycles. The monoisotopic (exact) mass is 333 g/mol. The van der Waals surface area contributed by atoms with Crippen molar-refractivity contribution in [3.8, 4) is 0 Å². The van der Waals surface area contributed by atoms with Crippen molar-refractivity contribution in [1.82, 2.24) is 15.1 Å². The molecule has 1 fully saturated rings. The van der Waals surface area contributed by atoms with E-state index in [1.165, 1.54) is 0 Å².